The summed E-state index contributed by atoms with van der Waals surface area (Å²) in [6.07, 6.45) is 1.82. The van der Waals surface area contributed by atoms with Crippen LogP contribution in [0.15, 0.2) is 23.5 Å². The van der Waals surface area contributed by atoms with Crippen molar-refractivity contribution < 1.29 is 4.79 Å². The van der Waals surface area contributed by atoms with E-state index in [0.29, 0.717) is 10.9 Å². The number of nitrogen functional groups attached to an aromatic ring is 2. The average molecular weight is 264 g/mol. The lowest BCUT2D eigenvalue weighted by molar-refractivity contribution is 0.101. The van der Waals surface area contributed by atoms with E-state index in [1.165, 1.54) is 11.8 Å². The molecule has 7 nitrogen and oxygen atoms in total. The molecule has 0 aromatic carbocycles. The summed E-state index contributed by atoms with van der Waals surface area (Å²) in [5.41, 5.74) is 11.5. The summed E-state index contributed by atoms with van der Waals surface area (Å²) in [6.45, 7) is 0. The fraction of sp³-hybridized carbons (Fsp3) is 0.200. The van der Waals surface area contributed by atoms with Gasteiger partial charge in [0.25, 0.3) is 0 Å². The summed E-state index contributed by atoms with van der Waals surface area (Å²) in [5.74, 6) is 0.318. The number of anilines is 2. The number of carbonyl (C=O) groups is 1. The van der Waals surface area contributed by atoms with Crippen LogP contribution in [0.25, 0.3) is 0 Å². The molecule has 0 fully saturated rings. The van der Waals surface area contributed by atoms with Crippen molar-refractivity contribution in [1.82, 2.24) is 19.5 Å². The first-order chi connectivity index (χ1) is 8.56. The van der Waals surface area contributed by atoms with Crippen molar-refractivity contribution >= 4 is 29.4 Å². The van der Waals surface area contributed by atoms with Crippen LogP contribution in [0.2, 0.25) is 0 Å². The Labute approximate surface area is 108 Å². The van der Waals surface area contributed by atoms with Gasteiger partial charge in [-0.25, -0.2) is 0 Å². The van der Waals surface area contributed by atoms with Crippen molar-refractivity contribution in [2.75, 3.05) is 17.2 Å². The first kappa shape index (κ1) is 12.4. The summed E-state index contributed by atoms with van der Waals surface area (Å²) in [7, 11) is 1.82. The maximum atomic E-state index is 11.9. The lowest BCUT2D eigenvalue weighted by Crippen LogP contribution is -2.09. The van der Waals surface area contributed by atoms with E-state index in [0.717, 1.165) is 0 Å². The highest BCUT2D eigenvalue weighted by molar-refractivity contribution is 7.99. The number of carbonyl (C=O) groups excluding carboxylic acids is 1. The summed E-state index contributed by atoms with van der Waals surface area (Å²) >= 11 is 1.18. The molecule has 2 aromatic rings. The van der Waals surface area contributed by atoms with Crippen LogP contribution in [0, 0.1) is 0 Å². The number of Topliss-reactive ketones (excluding diaryl/α,β-unsaturated/α-hetero) is 1. The van der Waals surface area contributed by atoms with E-state index in [-0.39, 0.29) is 23.4 Å². The zero-order chi connectivity index (χ0) is 13.1. The van der Waals surface area contributed by atoms with E-state index in [1.807, 2.05) is 19.3 Å². The number of aromatic nitrogens is 4. The number of nitrogens with zero attached hydrogens (tertiary/aromatic N) is 4. The molecule has 0 saturated heterocycles. The van der Waals surface area contributed by atoms with Gasteiger partial charge in [-0.1, -0.05) is 11.8 Å². The van der Waals surface area contributed by atoms with Gasteiger partial charge in [-0.15, -0.1) is 0 Å². The number of hydrogen-bond acceptors (Lipinski definition) is 7. The molecule has 0 saturated carbocycles. The van der Waals surface area contributed by atoms with Gasteiger partial charge in [0.15, 0.2) is 10.9 Å². The van der Waals surface area contributed by atoms with Gasteiger partial charge in [-0.3, -0.25) is 4.79 Å². The second-order valence-electron chi connectivity index (χ2n) is 3.55. The quantitative estimate of drug-likeness (QED) is 0.605. The van der Waals surface area contributed by atoms with Gasteiger partial charge >= 0.3 is 0 Å². The Balaban J connectivity index is 2.04. The first-order valence-electron chi connectivity index (χ1n) is 5.10. The highest BCUT2D eigenvalue weighted by atomic mass is 32.2. The van der Waals surface area contributed by atoms with Gasteiger partial charge in [0.05, 0.1) is 11.4 Å². The van der Waals surface area contributed by atoms with Crippen molar-refractivity contribution in [3.63, 3.8) is 0 Å². The molecule has 18 heavy (non-hydrogen) atoms. The molecule has 0 spiro atoms. The summed E-state index contributed by atoms with van der Waals surface area (Å²) < 4.78 is 1.76. The van der Waals surface area contributed by atoms with E-state index >= 15 is 0 Å². The molecule has 0 bridgehead atoms. The Bertz CT molecular complexity index is 561. The minimum atomic E-state index is -0.00921. The SMILES string of the molecule is Cn1cccc1C(=O)CSc1nc(N)nc(N)n1. The maximum absolute atomic E-state index is 11.9. The number of aryl methyl sites for hydroxylation is 1. The Morgan fingerprint density at radius 1 is 1.33 bits per heavy atom. The topological polar surface area (TPSA) is 113 Å². The van der Waals surface area contributed by atoms with Crippen LogP contribution in [0.4, 0.5) is 11.9 Å². The number of thioether (sulfide) groups is 1. The minimum Gasteiger partial charge on any atom is -0.368 e. The Morgan fingerprint density at radius 2 is 2.00 bits per heavy atom. The molecule has 0 aliphatic carbocycles. The van der Waals surface area contributed by atoms with Gasteiger partial charge in [0.1, 0.15) is 0 Å². The Kier molecular flexibility index (Phi) is 3.47. The maximum Gasteiger partial charge on any atom is 0.225 e. The van der Waals surface area contributed by atoms with Crippen molar-refractivity contribution in [2.24, 2.45) is 7.05 Å². The van der Waals surface area contributed by atoms with Crippen molar-refractivity contribution in [3.8, 4) is 0 Å². The number of rotatable bonds is 4. The second-order valence-corrected chi connectivity index (χ2v) is 4.49. The zero-order valence-corrected chi connectivity index (χ0v) is 10.5. The lowest BCUT2D eigenvalue weighted by Gasteiger charge is -2.03. The van der Waals surface area contributed by atoms with E-state index < -0.39 is 0 Å². The lowest BCUT2D eigenvalue weighted by atomic mass is 10.3. The molecule has 2 heterocycles. The number of ketones is 1. The van der Waals surface area contributed by atoms with Gasteiger partial charge in [0.2, 0.25) is 11.9 Å². The zero-order valence-electron chi connectivity index (χ0n) is 9.70. The number of nitrogens with two attached hydrogens (primary N) is 2. The van der Waals surface area contributed by atoms with E-state index in [4.69, 9.17) is 11.5 Å². The van der Waals surface area contributed by atoms with E-state index in [2.05, 4.69) is 15.0 Å². The smallest absolute Gasteiger partial charge is 0.225 e. The third-order valence-electron chi connectivity index (χ3n) is 2.21. The van der Waals surface area contributed by atoms with Crippen LogP contribution in [0.5, 0.6) is 0 Å². The van der Waals surface area contributed by atoms with Crippen molar-refractivity contribution in [1.29, 1.82) is 0 Å². The molecule has 0 aliphatic rings. The fourth-order valence-corrected chi connectivity index (χ4v) is 2.13. The molecular weight excluding hydrogens is 252 g/mol. The fourth-order valence-electron chi connectivity index (χ4n) is 1.41. The van der Waals surface area contributed by atoms with Crippen molar-refractivity contribution in [2.45, 2.75) is 5.16 Å². The summed E-state index contributed by atoms with van der Waals surface area (Å²) in [6, 6.07) is 3.58. The normalized spacial score (nSPS) is 10.5. The molecule has 0 unspecified atom stereocenters. The molecule has 2 aromatic heterocycles. The molecule has 8 heteroatoms. The largest absolute Gasteiger partial charge is 0.368 e. The molecule has 0 aliphatic heterocycles. The minimum absolute atomic E-state index is 0.00921. The third kappa shape index (κ3) is 2.77. The van der Waals surface area contributed by atoms with Crippen LogP contribution in [0.3, 0.4) is 0 Å². The standard InChI is InChI=1S/C10H12N6OS/c1-16-4-2-3-6(16)7(17)5-18-10-14-8(11)13-9(12)15-10/h2-4H,5H2,1H3,(H4,11,12,13,14,15). The monoisotopic (exact) mass is 264 g/mol. The molecule has 2 rings (SSSR count). The van der Waals surface area contributed by atoms with E-state index in [9.17, 15) is 4.79 Å². The summed E-state index contributed by atoms with van der Waals surface area (Å²) in [4.78, 5) is 23.3. The molecule has 0 amide bonds. The highest BCUT2D eigenvalue weighted by Crippen LogP contribution is 2.16. The predicted octanol–water partition coefficient (Wildman–Crippen LogP) is 0.349. The predicted molar refractivity (Wildman–Crippen MR) is 69.1 cm³/mol. The average Bonchev–Trinajstić information content (AvgIpc) is 2.71. The number of hydrogen-bond donors (Lipinski definition) is 2. The second kappa shape index (κ2) is 5.05. The van der Waals surface area contributed by atoms with E-state index in [1.54, 1.807) is 10.6 Å². The molecule has 94 valence electrons. The van der Waals surface area contributed by atoms with Gasteiger partial charge in [0, 0.05) is 13.2 Å². The Morgan fingerprint density at radius 3 is 2.56 bits per heavy atom. The molecular formula is C10H12N6OS. The Hall–Kier alpha value is -2.09. The summed E-state index contributed by atoms with van der Waals surface area (Å²) in [5, 5.41) is 0.350. The van der Waals surface area contributed by atoms with Gasteiger partial charge in [-0.05, 0) is 12.1 Å². The van der Waals surface area contributed by atoms with Crippen LogP contribution in [-0.4, -0.2) is 31.1 Å². The molecule has 4 N–H and O–H groups in total. The van der Waals surface area contributed by atoms with Gasteiger partial charge < -0.3 is 16.0 Å². The van der Waals surface area contributed by atoms with Gasteiger partial charge in [-0.2, -0.15) is 15.0 Å². The first-order valence-corrected chi connectivity index (χ1v) is 6.09. The van der Waals surface area contributed by atoms with Crippen molar-refractivity contribution in [3.05, 3.63) is 24.0 Å². The molecule has 0 atom stereocenters. The van der Waals surface area contributed by atoms with Crippen LogP contribution < -0.4 is 11.5 Å². The highest BCUT2D eigenvalue weighted by Gasteiger charge is 2.11. The van der Waals surface area contributed by atoms with Crippen LogP contribution in [-0.2, 0) is 7.05 Å². The third-order valence-corrected chi connectivity index (χ3v) is 3.06. The van der Waals surface area contributed by atoms with Crippen LogP contribution >= 0.6 is 11.8 Å². The molecule has 0 radical (unpaired) electrons. The van der Waals surface area contributed by atoms with Crippen LogP contribution in [0.1, 0.15) is 10.5 Å².